The Labute approximate surface area is 168 Å². The van der Waals surface area contributed by atoms with E-state index in [1.165, 1.54) is 5.56 Å². The molecule has 0 radical (unpaired) electrons. The predicted octanol–water partition coefficient (Wildman–Crippen LogP) is 4.72. The SMILES string of the molecule is Cc1ccc([C@@H](C)[C@H](C)COc2nc(C)ncc2[C@H]2CC[C@](C)(O)CC2)nc1. The van der Waals surface area contributed by atoms with Crippen molar-refractivity contribution in [2.45, 2.75) is 77.7 Å². The van der Waals surface area contributed by atoms with Gasteiger partial charge in [-0.25, -0.2) is 4.98 Å². The molecule has 2 atom stereocenters. The second-order valence-corrected chi connectivity index (χ2v) is 8.79. The van der Waals surface area contributed by atoms with Gasteiger partial charge in [0.15, 0.2) is 0 Å². The molecule has 152 valence electrons. The molecule has 5 heteroatoms. The van der Waals surface area contributed by atoms with Crippen LogP contribution in [0.2, 0.25) is 0 Å². The number of aryl methyl sites for hydroxylation is 2. The van der Waals surface area contributed by atoms with E-state index in [9.17, 15) is 5.11 Å². The zero-order chi connectivity index (χ0) is 20.3. The highest BCUT2D eigenvalue weighted by Crippen LogP contribution is 2.40. The molecule has 1 saturated carbocycles. The van der Waals surface area contributed by atoms with Crippen molar-refractivity contribution in [1.29, 1.82) is 0 Å². The smallest absolute Gasteiger partial charge is 0.220 e. The Kier molecular flexibility index (Phi) is 6.33. The molecule has 0 spiro atoms. The highest BCUT2D eigenvalue weighted by atomic mass is 16.5. The first kappa shape index (κ1) is 20.7. The van der Waals surface area contributed by atoms with Gasteiger partial charge in [-0.3, -0.25) is 4.98 Å². The summed E-state index contributed by atoms with van der Waals surface area (Å²) in [7, 11) is 0. The molecule has 1 aliphatic rings. The standard InChI is InChI=1S/C23H33N3O2/c1-15-6-7-21(25-12-15)17(3)16(2)14-28-22-20(13-24-18(4)26-22)19-8-10-23(5,27)11-9-19/h6-7,12-13,16-17,19,27H,8-11,14H2,1-5H3/t16-,17+,19-,23-/m1/s1. The third-order valence-electron chi connectivity index (χ3n) is 6.14. The number of aliphatic hydroxyl groups is 1. The van der Waals surface area contributed by atoms with E-state index >= 15 is 0 Å². The Hall–Kier alpha value is -2.01. The number of hydrogen-bond acceptors (Lipinski definition) is 5. The Balaban J connectivity index is 1.68. The van der Waals surface area contributed by atoms with Crippen molar-refractivity contribution in [1.82, 2.24) is 15.0 Å². The predicted molar refractivity (Wildman–Crippen MR) is 111 cm³/mol. The zero-order valence-corrected chi connectivity index (χ0v) is 17.8. The molecule has 0 bridgehead atoms. The van der Waals surface area contributed by atoms with Crippen LogP contribution >= 0.6 is 0 Å². The second-order valence-electron chi connectivity index (χ2n) is 8.79. The minimum atomic E-state index is -0.548. The molecule has 3 rings (SSSR count). The molecule has 2 heterocycles. The van der Waals surface area contributed by atoms with Crippen molar-refractivity contribution in [2.24, 2.45) is 5.92 Å². The summed E-state index contributed by atoms with van der Waals surface area (Å²) in [6.07, 6.45) is 7.32. The van der Waals surface area contributed by atoms with Crippen LogP contribution < -0.4 is 4.74 Å². The van der Waals surface area contributed by atoms with Gasteiger partial charge in [0, 0.05) is 29.6 Å². The lowest BCUT2D eigenvalue weighted by atomic mass is 9.77. The summed E-state index contributed by atoms with van der Waals surface area (Å²) in [5.74, 6) is 2.39. The molecule has 2 aromatic heterocycles. The Morgan fingerprint density at radius 3 is 2.50 bits per heavy atom. The second kappa shape index (κ2) is 8.56. The van der Waals surface area contributed by atoms with Crippen LogP contribution in [0, 0.1) is 19.8 Å². The van der Waals surface area contributed by atoms with Gasteiger partial charge in [0.1, 0.15) is 5.82 Å². The average Bonchev–Trinajstić information content (AvgIpc) is 2.66. The van der Waals surface area contributed by atoms with Gasteiger partial charge in [-0.15, -0.1) is 0 Å². The fourth-order valence-corrected chi connectivity index (χ4v) is 3.80. The number of hydrogen-bond donors (Lipinski definition) is 1. The number of ether oxygens (including phenoxy) is 1. The molecule has 0 aromatic carbocycles. The van der Waals surface area contributed by atoms with Gasteiger partial charge in [-0.1, -0.05) is 19.9 Å². The largest absolute Gasteiger partial charge is 0.477 e. The number of aromatic nitrogens is 3. The van der Waals surface area contributed by atoms with Crippen LogP contribution in [0.15, 0.2) is 24.5 Å². The number of rotatable bonds is 6. The van der Waals surface area contributed by atoms with Crippen LogP contribution in [0.3, 0.4) is 0 Å². The summed E-state index contributed by atoms with van der Waals surface area (Å²) in [5, 5.41) is 10.2. The van der Waals surface area contributed by atoms with Crippen molar-refractivity contribution >= 4 is 0 Å². The minimum absolute atomic E-state index is 0.303. The third-order valence-corrected chi connectivity index (χ3v) is 6.14. The van der Waals surface area contributed by atoms with Gasteiger partial charge >= 0.3 is 0 Å². The van der Waals surface area contributed by atoms with E-state index in [4.69, 9.17) is 4.74 Å². The van der Waals surface area contributed by atoms with E-state index in [0.717, 1.165) is 42.8 Å². The first-order valence-electron chi connectivity index (χ1n) is 10.4. The van der Waals surface area contributed by atoms with E-state index in [0.29, 0.717) is 30.2 Å². The molecule has 1 N–H and O–H groups in total. The number of pyridine rings is 1. The van der Waals surface area contributed by atoms with Gasteiger partial charge in [0.25, 0.3) is 0 Å². The molecule has 0 saturated heterocycles. The lowest BCUT2D eigenvalue weighted by Gasteiger charge is -2.33. The van der Waals surface area contributed by atoms with Crippen LogP contribution in [0.25, 0.3) is 0 Å². The first-order chi connectivity index (χ1) is 13.2. The summed E-state index contributed by atoms with van der Waals surface area (Å²) in [6, 6.07) is 4.21. The highest BCUT2D eigenvalue weighted by Gasteiger charge is 2.31. The normalized spacial score (nSPS) is 24.6. The van der Waals surface area contributed by atoms with Crippen LogP contribution in [-0.2, 0) is 0 Å². The van der Waals surface area contributed by atoms with Crippen molar-refractivity contribution < 1.29 is 9.84 Å². The van der Waals surface area contributed by atoms with Crippen LogP contribution in [0.5, 0.6) is 5.88 Å². The molecule has 5 nitrogen and oxygen atoms in total. The average molecular weight is 384 g/mol. The van der Waals surface area contributed by atoms with Gasteiger partial charge in [0.05, 0.1) is 12.2 Å². The molecule has 2 aromatic rings. The van der Waals surface area contributed by atoms with Crippen LogP contribution in [0.1, 0.15) is 80.9 Å². The fraction of sp³-hybridized carbons (Fsp3) is 0.609. The van der Waals surface area contributed by atoms with Gasteiger partial charge in [0.2, 0.25) is 5.88 Å². The van der Waals surface area contributed by atoms with E-state index in [2.05, 4.69) is 47.9 Å². The summed E-state index contributed by atoms with van der Waals surface area (Å²) in [6.45, 7) is 10.8. The molecule has 1 aliphatic carbocycles. The molecule has 1 fully saturated rings. The van der Waals surface area contributed by atoms with Crippen molar-refractivity contribution in [2.75, 3.05) is 6.61 Å². The van der Waals surface area contributed by atoms with E-state index in [1.807, 2.05) is 26.2 Å². The molecular formula is C23H33N3O2. The monoisotopic (exact) mass is 383 g/mol. The van der Waals surface area contributed by atoms with Crippen LogP contribution in [0.4, 0.5) is 0 Å². The van der Waals surface area contributed by atoms with Crippen molar-refractivity contribution in [3.8, 4) is 5.88 Å². The molecule has 0 aliphatic heterocycles. The highest BCUT2D eigenvalue weighted by molar-refractivity contribution is 5.28. The van der Waals surface area contributed by atoms with Gasteiger partial charge in [-0.05, 0) is 69.9 Å². The summed E-state index contributed by atoms with van der Waals surface area (Å²) in [5.41, 5.74) is 2.80. The fourth-order valence-electron chi connectivity index (χ4n) is 3.80. The van der Waals surface area contributed by atoms with E-state index in [1.54, 1.807) is 0 Å². The van der Waals surface area contributed by atoms with Gasteiger partial charge in [-0.2, -0.15) is 4.98 Å². The summed E-state index contributed by atoms with van der Waals surface area (Å²) >= 11 is 0. The third kappa shape index (κ3) is 5.07. The van der Waals surface area contributed by atoms with E-state index in [-0.39, 0.29) is 0 Å². The molecule has 0 amide bonds. The van der Waals surface area contributed by atoms with Crippen molar-refractivity contribution in [3.63, 3.8) is 0 Å². The Bertz CT molecular complexity index is 779. The van der Waals surface area contributed by atoms with Crippen LogP contribution in [-0.4, -0.2) is 32.3 Å². The Morgan fingerprint density at radius 2 is 1.86 bits per heavy atom. The lowest BCUT2D eigenvalue weighted by molar-refractivity contribution is 0.0168. The summed E-state index contributed by atoms with van der Waals surface area (Å²) < 4.78 is 6.21. The maximum atomic E-state index is 10.2. The molecule has 28 heavy (non-hydrogen) atoms. The maximum absolute atomic E-state index is 10.2. The quantitative estimate of drug-likeness (QED) is 0.782. The minimum Gasteiger partial charge on any atom is -0.477 e. The first-order valence-corrected chi connectivity index (χ1v) is 10.4. The molecule has 0 unspecified atom stereocenters. The number of nitrogens with zero attached hydrogens (tertiary/aromatic N) is 3. The van der Waals surface area contributed by atoms with Crippen molar-refractivity contribution in [3.05, 3.63) is 47.2 Å². The zero-order valence-electron chi connectivity index (χ0n) is 17.8. The van der Waals surface area contributed by atoms with Gasteiger partial charge < -0.3 is 9.84 Å². The molecular weight excluding hydrogens is 350 g/mol. The topological polar surface area (TPSA) is 68.1 Å². The Morgan fingerprint density at radius 1 is 1.14 bits per heavy atom. The summed E-state index contributed by atoms with van der Waals surface area (Å²) in [4.78, 5) is 13.6. The maximum Gasteiger partial charge on any atom is 0.220 e. The lowest BCUT2D eigenvalue weighted by Crippen LogP contribution is -2.30. The van der Waals surface area contributed by atoms with E-state index < -0.39 is 5.60 Å².